The summed E-state index contributed by atoms with van der Waals surface area (Å²) in [4.78, 5) is 31.3. The van der Waals surface area contributed by atoms with Gasteiger partial charge in [-0.25, -0.2) is 9.67 Å². The van der Waals surface area contributed by atoms with Crippen molar-refractivity contribution in [2.24, 2.45) is 7.05 Å². The van der Waals surface area contributed by atoms with Crippen LogP contribution in [0.3, 0.4) is 0 Å². The smallest absolute Gasteiger partial charge is 0.274 e. The number of aryl methyl sites for hydroxylation is 2. The second-order valence-electron chi connectivity index (χ2n) is 5.93. The minimum Gasteiger partial charge on any atom is -0.333 e. The molecule has 0 spiro atoms. The molecule has 0 fully saturated rings. The van der Waals surface area contributed by atoms with Crippen LogP contribution in [0.25, 0.3) is 0 Å². The molecule has 0 saturated carbocycles. The monoisotopic (exact) mass is 334 g/mol. The summed E-state index contributed by atoms with van der Waals surface area (Å²) < 4.78 is 1.17. The Kier molecular flexibility index (Phi) is 4.99. The van der Waals surface area contributed by atoms with E-state index in [-0.39, 0.29) is 23.2 Å². The third-order valence-corrected chi connectivity index (χ3v) is 5.43. The summed E-state index contributed by atoms with van der Waals surface area (Å²) in [6, 6.07) is 2.71. The number of carbonyl (C=O) groups excluding carboxylic acids is 1. The van der Waals surface area contributed by atoms with E-state index in [1.54, 1.807) is 23.3 Å². The van der Waals surface area contributed by atoms with Crippen molar-refractivity contribution in [2.45, 2.75) is 39.7 Å². The second kappa shape index (κ2) is 6.62. The van der Waals surface area contributed by atoms with Crippen molar-refractivity contribution in [2.75, 3.05) is 7.05 Å². The zero-order chi connectivity index (χ0) is 17.3. The molecule has 0 radical (unpaired) electrons. The highest BCUT2D eigenvalue weighted by Gasteiger charge is 2.24. The first-order valence-corrected chi connectivity index (χ1v) is 8.32. The molecule has 0 bridgehead atoms. The molecule has 124 valence electrons. The van der Waals surface area contributed by atoms with Gasteiger partial charge in [0.2, 0.25) is 0 Å². The molecular weight excluding hydrogens is 312 g/mol. The molecule has 0 aliphatic carbocycles. The van der Waals surface area contributed by atoms with E-state index >= 15 is 0 Å². The van der Waals surface area contributed by atoms with E-state index < -0.39 is 0 Å². The summed E-state index contributed by atoms with van der Waals surface area (Å²) in [6.07, 6.45) is 0. The van der Waals surface area contributed by atoms with Gasteiger partial charge in [-0.05, 0) is 19.9 Å². The maximum atomic E-state index is 12.6. The maximum absolute atomic E-state index is 12.6. The van der Waals surface area contributed by atoms with Crippen LogP contribution in [-0.2, 0) is 7.05 Å². The molecule has 2 aromatic rings. The lowest BCUT2D eigenvalue weighted by Crippen LogP contribution is -2.32. The Labute approximate surface area is 139 Å². The Morgan fingerprint density at radius 1 is 1.30 bits per heavy atom. The summed E-state index contributed by atoms with van der Waals surface area (Å²) in [5.74, 6) is 0.151. The van der Waals surface area contributed by atoms with Crippen molar-refractivity contribution in [3.63, 3.8) is 0 Å². The van der Waals surface area contributed by atoms with Crippen LogP contribution in [0.2, 0.25) is 0 Å². The molecular formula is C16H22N4O2S. The quantitative estimate of drug-likeness (QED) is 0.861. The van der Waals surface area contributed by atoms with Crippen LogP contribution >= 0.6 is 11.3 Å². The average molecular weight is 334 g/mol. The largest absolute Gasteiger partial charge is 0.333 e. The summed E-state index contributed by atoms with van der Waals surface area (Å²) in [6.45, 7) is 8.16. The molecule has 1 atom stereocenters. The lowest BCUT2D eigenvalue weighted by molar-refractivity contribution is 0.0736. The van der Waals surface area contributed by atoms with Crippen LogP contribution in [0.5, 0.6) is 0 Å². The van der Waals surface area contributed by atoms with Crippen LogP contribution in [0.4, 0.5) is 0 Å². The van der Waals surface area contributed by atoms with Crippen LogP contribution in [-0.4, -0.2) is 32.6 Å². The molecule has 0 unspecified atom stereocenters. The minimum atomic E-state index is -0.239. The molecule has 0 aliphatic heterocycles. The van der Waals surface area contributed by atoms with Crippen molar-refractivity contribution in [1.82, 2.24) is 19.7 Å². The number of aromatic nitrogens is 3. The fourth-order valence-electron chi connectivity index (χ4n) is 2.21. The zero-order valence-corrected chi connectivity index (χ0v) is 15.1. The van der Waals surface area contributed by atoms with E-state index in [2.05, 4.69) is 23.9 Å². The molecule has 7 heteroatoms. The van der Waals surface area contributed by atoms with Crippen LogP contribution in [0.15, 0.2) is 16.9 Å². The van der Waals surface area contributed by atoms with Gasteiger partial charge >= 0.3 is 0 Å². The molecule has 2 rings (SSSR count). The van der Waals surface area contributed by atoms with Gasteiger partial charge in [-0.1, -0.05) is 13.8 Å². The van der Waals surface area contributed by atoms with Gasteiger partial charge in [0.1, 0.15) is 5.69 Å². The summed E-state index contributed by atoms with van der Waals surface area (Å²) in [5, 5.41) is 5.10. The fourth-order valence-corrected chi connectivity index (χ4v) is 3.38. The number of thiazole rings is 1. The Balaban J connectivity index is 2.28. The van der Waals surface area contributed by atoms with Gasteiger partial charge in [0.15, 0.2) is 0 Å². The molecule has 0 saturated heterocycles. The molecule has 0 N–H and O–H groups in total. The summed E-state index contributed by atoms with van der Waals surface area (Å²) >= 11 is 1.64. The summed E-state index contributed by atoms with van der Waals surface area (Å²) in [5.41, 5.74) is 0.976. The summed E-state index contributed by atoms with van der Waals surface area (Å²) in [7, 11) is 3.28. The zero-order valence-electron chi connectivity index (χ0n) is 14.3. The minimum absolute atomic E-state index is 0.105. The van der Waals surface area contributed by atoms with Crippen molar-refractivity contribution in [3.05, 3.63) is 43.8 Å². The standard InChI is InChI=1S/C16H22N4O2S/c1-9(2)15-17-10(3)14(23-15)11(4)19(5)16(22)12-7-8-13(21)20(6)18-12/h7-9,11H,1-6H3/t11-/m0/s1. The van der Waals surface area contributed by atoms with Gasteiger partial charge in [-0.2, -0.15) is 5.10 Å². The van der Waals surface area contributed by atoms with E-state index in [0.717, 1.165) is 15.6 Å². The molecule has 6 nitrogen and oxygen atoms in total. The van der Waals surface area contributed by atoms with Gasteiger partial charge in [-0.15, -0.1) is 11.3 Å². The first kappa shape index (κ1) is 17.3. The van der Waals surface area contributed by atoms with E-state index in [1.165, 1.54) is 23.9 Å². The van der Waals surface area contributed by atoms with Crippen molar-refractivity contribution in [1.29, 1.82) is 0 Å². The first-order chi connectivity index (χ1) is 10.7. The topological polar surface area (TPSA) is 68.1 Å². The number of carbonyl (C=O) groups is 1. The van der Waals surface area contributed by atoms with Gasteiger partial charge in [-0.3, -0.25) is 9.59 Å². The van der Waals surface area contributed by atoms with Gasteiger partial charge in [0, 0.05) is 31.0 Å². The number of hydrogen-bond acceptors (Lipinski definition) is 5. The third-order valence-electron chi connectivity index (χ3n) is 3.80. The Morgan fingerprint density at radius 2 is 1.96 bits per heavy atom. The lowest BCUT2D eigenvalue weighted by Gasteiger charge is -2.24. The van der Waals surface area contributed by atoms with E-state index in [1.807, 2.05) is 13.8 Å². The number of rotatable bonds is 4. The Morgan fingerprint density at radius 3 is 2.48 bits per heavy atom. The molecule has 1 amide bonds. The van der Waals surface area contributed by atoms with E-state index in [4.69, 9.17) is 0 Å². The van der Waals surface area contributed by atoms with Crippen molar-refractivity contribution >= 4 is 17.2 Å². The normalized spacial score (nSPS) is 12.5. The van der Waals surface area contributed by atoms with E-state index in [9.17, 15) is 9.59 Å². The molecule has 2 aromatic heterocycles. The average Bonchev–Trinajstić information content (AvgIpc) is 2.90. The SMILES string of the molecule is Cc1nc(C(C)C)sc1[C@H](C)N(C)C(=O)c1ccc(=O)n(C)n1. The number of hydrogen-bond donors (Lipinski definition) is 0. The lowest BCUT2D eigenvalue weighted by atomic mass is 10.2. The third kappa shape index (κ3) is 3.50. The van der Waals surface area contributed by atoms with E-state index in [0.29, 0.717) is 5.92 Å². The number of amides is 1. The van der Waals surface area contributed by atoms with Crippen molar-refractivity contribution in [3.8, 4) is 0 Å². The first-order valence-electron chi connectivity index (χ1n) is 7.51. The Bertz CT molecular complexity index is 779. The highest BCUT2D eigenvalue weighted by molar-refractivity contribution is 7.11. The Hall–Kier alpha value is -2.02. The highest BCUT2D eigenvalue weighted by Crippen LogP contribution is 2.32. The molecule has 0 aliphatic rings. The molecule has 0 aromatic carbocycles. The predicted molar refractivity (Wildman–Crippen MR) is 90.9 cm³/mol. The van der Waals surface area contributed by atoms with Gasteiger partial charge in [0.05, 0.1) is 16.7 Å². The predicted octanol–water partition coefficient (Wildman–Crippen LogP) is 2.50. The maximum Gasteiger partial charge on any atom is 0.274 e. The van der Waals surface area contributed by atoms with Crippen LogP contribution in [0.1, 0.15) is 58.8 Å². The fraction of sp³-hybridized carbons (Fsp3) is 0.500. The van der Waals surface area contributed by atoms with Gasteiger partial charge in [0.25, 0.3) is 11.5 Å². The number of nitrogens with zero attached hydrogens (tertiary/aromatic N) is 4. The molecule has 2 heterocycles. The molecule has 23 heavy (non-hydrogen) atoms. The van der Waals surface area contributed by atoms with Crippen LogP contribution < -0.4 is 5.56 Å². The second-order valence-corrected chi connectivity index (χ2v) is 6.99. The van der Waals surface area contributed by atoms with Gasteiger partial charge < -0.3 is 4.90 Å². The van der Waals surface area contributed by atoms with Crippen molar-refractivity contribution < 1.29 is 4.79 Å². The van der Waals surface area contributed by atoms with Crippen LogP contribution in [0, 0.1) is 6.92 Å². The highest BCUT2D eigenvalue weighted by atomic mass is 32.1.